The highest BCUT2D eigenvalue weighted by Gasteiger charge is 2.23. The third-order valence-corrected chi connectivity index (χ3v) is 5.59. The highest BCUT2D eigenvalue weighted by Crippen LogP contribution is 2.29. The molecule has 24 heavy (non-hydrogen) atoms. The molecular weight excluding hydrogens is 350 g/mol. The standard InChI is InChI=1S/C17H20ClNO4S/c1-4-23-16-8-6-5-7-13(16)12-19(2)24(20,21)14-9-10-17(22-3)15(18)11-14/h5-11H,4,12H2,1-3H3. The quantitative estimate of drug-likeness (QED) is 0.748. The van der Waals surface area contributed by atoms with Crippen molar-refractivity contribution in [2.75, 3.05) is 20.8 Å². The van der Waals surface area contributed by atoms with Gasteiger partial charge in [-0.1, -0.05) is 29.8 Å². The molecule has 0 fully saturated rings. The summed E-state index contributed by atoms with van der Waals surface area (Å²) in [5.74, 6) is 1.11. The predicted octanol–water partition coefficient (Wildman–Crippen LogP) is 3.57. The second-order valence-corrected chi connectivity index (χ2v) is 7.55. The summed E-state index contributed by atoms with van der Waals surface area (Å²) >= 11 is 6.04. The molecule has 2 rings (SSSR count). The average Bonchev–Trinajstić information content (AvgIpc) is 2.56. The Bertz CT molecular complexity index is 808. The van der Waals surface area contributed by atoms with Crippen molar-refractivity contribution in [3.8, 4) is 11.5 Å². The van der Waals surface area contributed by atoms with E-state index in [9.17, 15) is 8.42 Å². The Balaban J connectivity index is 2.28. The number of hydrogen-bond donors (Lipinski definition) is 0. The first kappa shape index (κ1) is 18.6. The van der Waals surface area contributed by atoms with Gasteiger partial charge in [-0.2, -0.15) is 4.31 Å². The van der Waals surface area contributed by atoms with E-state index in [1.165, 1.54) is 36.7 Å². The molecule has 0 aromatic heterocycles. The minimum absolute atomic E-state index is 0.115. The second-order valence-electron chi connectivity index (χ2n) is 5.10. The number of sulfonamides is 1. The van der Waals surface area contributed by atoms with Crippen LogP contribution in [0.1, 0.15) is 12.5 Å². The van der Waals surface area contributed by atoms with E-state index in [2.05, 4.69) is 0 Å². The predicted molar refractivity (Wildman–Crippen MR) is 94.3 cm³/mol. The molecule has 0 radical (unpaired) electrons. The van der Waals surface area contributed by atoms with Crippen molar-refractivity contribution in [1.29, 1.82) is 0 Å². The van der Waals surface area contributed by atoms with E-state index in [1.807, 2.05) is 31.2 Å². The molecule has 7 heteroatoms. The van der Waals surface area contributed by atoms with E-state index < -0.39 is 10.0 Å². The highest BCUT2D eigenvalue weighted by atomic mass is 35.5. The van der Waals surface area contributed by atoms with Gasteiger partial charge in [-0.25, -0.2) is 8.42 Å². The fourth-order valence-corrected chi connectivity index (χ4v) is 3.74. The molecule has 0 saturated carbocycles. The van der Waals surface area contributed by atoms with Gasteiger partial charge in [-0.05, 0) is 31.2 Å². The number of hydrogen-bond acceptors (Lipinski definition) is 4. The number of para-hydroxylation sites is 1. The third-order valence-electron chi connectivity index (χ3n) is 3.50. The van der Waals surface area contributed by atoms with Crippen molar-refractivity contribution in [3.05, 3.63) is 53.1 Å². The van der Waals surface area contributed by atoms with Crippen LogP contribution in [0.2, 0.25) is 5.02 Å². The van der Waals surface area contributed by atoms with Crippen molar-refractivity contribution in [1.82, 2.24) is 4.31 Å². The Kier molecular flexibility index (Phi) is 6.10. The molecule has 0 amide bonds. The molecule has 0 heterocycles. The van der Waals surface area contributed by atoms with Gasteiger partial charge in [-0.3, -0.25) is 0 Å². The number of methoxy groups -OCH3 is 1. The lowest BCUT2D eigenvalue weighted by molar-refractivity contribution is 0.332. The second kappa shape index (κ2) is 7.88. The van der Waals surface area contributed by atoms with Gasteiger partial charge >= 0.3 is 0 Å². The molecule has 0 aliphatic carbocycles. The van der Waals surface area contributed by atoms with Crippen LogP contribution < -0.4 is 9.47 Å². The maximum absolute atomic E-state index is 12.7. The maximum Gasteiger partial charge on any atom is 0.243 e. The fourth-order valence-electron chi connectivity index (χ4n) is 2.24. The molecule has 0 bridgehead atoms. The Morgan fingerprint density at radius 1 is 1.12 bits per heavy atom. The van der Waals surface area contributed by atoms with Crippen molar-refractivity contribution in [3.63, 3.8) is 0 Å². The molecule has 5 nitrogen and oxygen atoms in total. The zero-order chi connectivity index (χ0) is 17.7. The first-order valence-corrected chi connectivity index (χ1v) is 9.22. The summed E-state index contributed by atoms with van der Waals surface area (Å²) in [7, 11) is -0.676. The summed E-state index contributed by atoms with van der Waals surface area (Å²) in [6, 6.07) is 11.8. The van der Waals surface area contributed by atoms with Crippen LogP contribution in [-0.4, -0.2) is 33.5 Å². The van der Waals surface area contributed by atoms with Gasteiger partial charge < -0.3 is 9.47 Å². The average molecular weight is 370 g/mol. The Morgan fingerprint density at radius 2 is 1.83 bits per heavy atom. The molecule has 0 unspecified atom stereocenters. The van der Waals surface area contributed by atoms with Crippen molar-refractivity contribution in [2.24, 2.45) is 0 Å². The molecule has 0 saturated heterocycles. The SMILES string of the molecule is CCOc1ccccc1CN(C)S(=O)(=O)c1ccc(OC)c(Cl)c1. The van der Waals surface area contributed by atoms with E-state index in [1.54, 1.807) is 0 Å². The van der Waals surface area contributed by atoms with Crippen LogP contribution >= 0.6 is 11.6 Å². The van der Waals surface area contributed by atoms with Crippen LogP contribution in [0.3, 0.4) is 0 Å². The maximum atomic E-state index is 12.7. The lowest BCUT2D eigenvalue weighted by Gasteiger charge is -2.19. The van der Waals surface area contributed by atoms with Gasteiger partial charge in [0, 0.05) is 19.2 Å². The number of benzene rings is 2. The van der Waals surface area contributed by atoms with Crippen LogP contribution in [-0.2, 0) is 16.6 Å². The van der Waals surface area contributed by atoms with Crippen molar-refractivity contribution < 1.29 is 17.9 Å². The zero-order valence-corrected chi connectivity index (χ0v) is 15.4. The lowest BCUT2D eigenvalue weighted by atomic mass is 10.2. The molecule has 130 valence electrons. The van der Waals surface area contributed by atoms with E-state index in [0.717, 1.165) is 5.56 Å². The van der Waals surface area contributed by atoms with Gasteiger partial charge in [0.1, 0.15) is 11.5 Å². The van der Waals surface area contributed by atoms with Crippen LogP contribution in [0, 0.1) is 0 Å². The molecule has 0 N–H and O–H groups in total. The third kappa shape index (κ3) is 4.01. The van der Waals surface area contributed by atoms with Crippen LogP contribution in [0.25, 0.3) is 0 Å². The minimum atomic E-state index is -3.68. The molecule has 2 aromatic carbocycles. The normalized spacial score (nSPS) is 11.5. The molecule has 0 aliphatic rings. The summed E-state index contributed by atoms with van der Waals surface area (Å²) in [4.78, 5) is 0.115. The molecule has 2 aromatic rings. The molecule has 0 atom stereocenters. The van der Waals surface area contributed by atoms with Crippen molar-refractivity contribution >= 4 is 21.6 Å². The first-order valence-electron chi connectivity index (χ1n) is 7.40. The molecule has 0 spiro atoms. The summed E-state index contributed by atoms with van der Waals surface area (Å²) in [6.45, 7) is 2.60. The number of nitrogens with zero attached hydrogens (tertiary/aromatic N) is 1. The zero-order valence-electron chi connectivity index (χ0n) is 13.8. The smallest absolute Gasteiger partial charge is 0.243 e. The van der Waals surface area contributed by atoms with Gasteiger partial charge in [0.25, 0.3) is 0 Å². The van der Waals surface area contributed by atoms with Crippen LogP contribution in [0.5, 0.6) is 11.5 Å². The number of halogens is 1. The molecular formula is C17H20ClNO4S. The largest absolute Gasteiger partial charge is 0.495 e. The summed E-state index contributed by atoms with van der Waals surface area (Å²) in [6.07, 6.45) is 0. The Morgan fingerprint density at radius 3 is 2.46 bits per heavy atom. The summed E-state index contributed by atoms with van der Waals surface area (Å²) in [5, 5.41) is 0.252. The topological polar surface area (TPSA) is 55.8 Å². The minimum Gasteiger partial charge on any atom is -0.495 e. The van der Waals surface area contributed by atoms with E-state index >= 15 is 0 Å². The first-order chi connectivity index (χ1) is 11.4. The van der Waals surface area contributed by atoms with Crippen LogP contribution in [0.4, 0.5) is 0 Å². The monoisotopic (exact) mass is 369 g/mol. The van der Waals surface area contributed by atoms with Crippen molar-refractivity contribution in [2.45, 2.75) is 18.4 Å². The van der Waals surface area contributed by atoms with E-state index in [0.29, 0.717) is 18.1 Å². The molecule has 0 aliphatic heterocycles. The van der Waals surface area contributed by atoms with Gasteiger partial charge in [0.15, 0.2) is 0 Å². The number of ether oxygens (including phenoxy) is 2. The van der Waals surface area contributed by atoms with Crippen LogP contribution in [0.15, 0.2) is 47.4 Å². The Hall–Kier alpha value is -1.76. The number of rotatable bonds is 7. The van der Waals surface area contributed by atoms with Gasteiger partial charge in [0.05, 0.1) is 23.6 Å². The fraction of sp³-hybridized carbons (Fsp3) is 0.294. The Labute approximate surface area is 147 Å². The highest BCUT2D eigenvalue weighted by molar-refractivity contribution is 7.89. The summed E-state index contributed by atoms with van der Waals surface area (Å²) < 4.78 is 37.4. The van der Waals surface area contributed by atoms with Gasteiger partial charge in [-0.15, -0.1) is 0 Å². The van der Waals surface area contributed by atoms with E-state index in [-0.39, 0.29) is 16.5 Å². The lowest BCUT2D eigenvalue weighted by Crippen LogP contribution is -2.26. The summed E-state index contributed by atoms with van der Waals surface area (Å²) in [5.41, 5.74) is 0.796. The van der Waals surface area contributed by atoms with Gasteiger partial charge in [0.2, 0.25) is 10.0 Å². The van der Waals surface area contributed by atoms with E-state index in [4.69, 9.17) is 21.1 Å².